The summed E-state index contributed by atoms with van der Waals surface area (Å²) in [6.45, 7) is 8.60. The van der Waals surface area contributed by atoms with E-state index in [2.05, 4.69) is 13.8 Å². The van der Waals surface area contributed by atoms with Crippen LogP contribution in [0.25, 0.3) is 0 Å². The monoisotopic (exact) mass is 474 g/mol. The molecule has 0 saturated carbocycles. The molecule has 184 valence electrons. The molecule has 5 heteroatoms. The molecule has 0 aliphatic carbocycles. The van der Waals surface area contributed by atoms with E-state index in [1.165, 1.54) is 0 Å². The number of carbonyl (C=O) groups is 2. The molecular weight excluding hydrogens is 440 g/mol. The average Bonchev–Trinajstić information content (AvgIpc) is 2.83. The fraction of sp³-hybridized carbons (Fsp3) is 0.333. The Labute approximate surface area is 207 Å². The lowest BCUT2D eigenvalue weighted by atomic mass is 9.96. The number of carboxylic acid groups (broad SMARTS) is 1. The van der Waals surface area contributed by atoms with Gasteiger partial charge in [0.15, 0.2) is 5.78 Å². The van der Waals surface area contributed by atoms with Gasteiger partial charge in [-0.05, 0) is 67.1 Å². The van der Waals surface area contributed by atoms with Crippen molar-refractivity contribution in [1.29, 1.82) is 0 Å². The summed E-state index contributed by atoms with van der Waals surface area (Å²) in [5.41, 5.74) is 4.33. The molecule has 3 aromatic rings. The maximum Gasteiger partial charge on any atom is 0.303 e. The van der Waals surface area contributed by atoms with Crippen LogP contribution in [0.15, 0.2) is 66.7 Å². The molecule has 3 rings (SSSR count). The van der Waals surface area contributed by atoms with Crippen molar-refractivity contribution in [1.82, 2.24) is 0 Å². The second-order valence-corrected chi connectivity index (χ2v) is 9.15. The molecule has 0 heterocycles. The molecule has 0 bridgehead atoms. The number of benzene rings is 3. The zero-order chi connectivity index (χ0) is 25.4. The molecule has 0 aliphatic rings. The summed E-state index contributed by atoms with van der Waals surface area (Å²) in [7, 11) is 0. The van der Waals surface area contributed by atoms with Crippen molar-refractivity contribution in [2.75, 3.05) is 6.61 Å². The van der Waals surface area contributed by atoms with Crippen molar-refractivity contribution in [3.05, 3.63) is 94.5 Å². The molecule has 0 amide bonds. The topological polar surface area (TPSA) is 72.8 Å². The first-order valence-corrected chi connectivity index (χ1v) is 12.1. The standard InChI is InChI=1S/C30H34O5/c1-20(2)25-11-14-28(27(19-25)30(33)24-8-6-5-7-9-24)35-22(4)16-17-34-26-13-10-23(21(3)18-26)12-15-29(31)32/h5-11,13-14,18-20,22H,12,15-17H2,1-4H3,(H,31,32)/t22-/m1/s1. The van der Waals surface area contributed by atoms with Crippen LogP contribution in [0.4, 0.5) is 0 Å². The summed E-state index contributed by atoms with van der Waals surface area (Å²) in [5, 5.41) is 8.88. The highest BCUT2D eigenvalue weighted by Crippen LogP contribution is 2.28. The highest BCUT2D eigenvalue weighted by Gasteiger charge is 2.18. The molecule has 0 spiro atoms. The minimum absolute atomic E-state index is 0.0509. The van der Waals surface area contributed by atoms with E-state index in [0.29, 0.717) is 42.2 Å². The van der Waals surface area contributed by atoms with Gasteiger partial charge in [0, 0.05) is 18.4 Å². The van der Waals surface area contributed by atoms with Gasteiger partial charge in [0.2, 0.25) is 0 Å². The predicted molar refractivity (Wildman–Crippen MR) is 138 cm³/mol. The molecule has 1 N–H and O–H groups in total. The fourth-order valence-corrected chi connectivity index (χ4v) is 3.83. The molecule has 0 unspecified atom stereocenters. The Hall–Kier alpha value is -3.60. The number of hydrogen-bond acceptors (Lipinski definition) is 4. The van der Waals surface area contributed by atoms with Gasteiger partial charge in [0.05, 0.1) is 18.3 Å². The van der Waals surface area contributed by atoms with Gasteiger partial charge in [0.25, 0.3) is 0 Å². The van der Waals surface area contributed by atoms with Crippen LogP contribution in [0.2, 0.25) is 0 Å². The number of rotatable bonds is 12. The van der Waals surface area contributed by atoms with E-state index in [0.717, 1.165) is 22.4 Å². The van der Waals surface area contributed by atoms with Gasteiger partial charge < -0.3 is 14.6 Å². The molecule has 0 fully saturated rings. The van der Waals surface area contributed by atoms with Crippen molar-refractivity contribution < 1.29 is 24.2 Å². The molecule has 0 radical (unpaired) electrons. The van der Waals surface area contributed by atoms with Crippen LogP contribution in [0.1, 0.15) is 72.1 Å². The molecular formula is C30H34O5. The van der Waals surface area contributed by atoms with Crippen molar-refractivity contribution in [2.45, 2.75) is 59.0 Å². The van der Waals surface area contributed by atoms with E-state index in [1.54, 1.807) is 0 Å². The molecule has 0 saturated heterocycles. The maximum atomic E-state index is 13.2. The Morgan fingerprint density at radius 1 is 0.943 bits per heavy atom. The number of hydrogen-bond donors (Lipinski definition) is 1. The number of ether oxygens (including phenoxy) is 2. The quantitative estimate of drug-likeness (QED) is 0.299. The Morgan fingerprint density at radius 2 is 1.69 bits per heavy atom. The highest BCUT2D eigenvalue weighted by molar-refractivity contribution is 6.10. The number of carbonyl (C=O) groups excluding carboxylic acids is 1. The number of aryl methyl sites for hydroxylation is 2. The van der Waals surface area contributed by atoms with Crippen molar-refractivity contribution in [3.8, 4) is 11.5 Å². The molecule has 35 heavy (non-hydrogen) atoms. The van der Waals surface area contributed by atoms with Gasteiger partial charge in [-0.15, -0.1) is 0 Å². The molecule has 1 atom stereocenters. The van der Waals surface area contributed by atoms with Crippen LogP contribution in [0.3, 0.4) is 0 Å². The SMILES string of the molecule is Cc1cc(OCC[C@@H](C)Oc2ccc(C(C)C)cc2C(=O)c2ccccc2)ccc1CCC(=O)O. The Bertz CT molecular complexity index is 1150. The van der Waals surface area contributed by atoms with Crippen molar-refractivity contribution in [3.63, 3.8) is 0 Å². The van der Waals surface area contributed by atoms with Gasteiger partial charge in [-0.3, -0.25) is 9.59 Å². The van der Waals surface area contributed by atoms with Crippen molar-refractivity contribution in [2.24, 2.45) is 0 Å². The molecule has 5 nitrogen and oxygen atoms in total. The molecule has 0 aliphatic heterocycles. The first kappa shape index (κ1) is 26.0. The van der Waals surface area contributed by atoms with E-state index < -0.39 is 5.97 Å². The van der Waals surface area contributed by atoms with E-state index >= 15 is 0 Å². The smallest absolute Gasteiger partial charge is 0.303 e. The first-order chi connectivity index (χ1) is 16.7. The minimum atomic E-state index is -0.800. The summed E-state index contributed by atoms with van der Waals surface area (Å²) in [5.74, 6) is 0.775. The third-order valence-corrected chi connectivity index (χ3v) is 5.99. The Morgan fingerprint density at radius 3 is 2.34 bits per heavy atom. The van der Waals surface area contributed by atoms with E-state index in [1.807, 2.05) is 80.6 Å². The average molecular weight is 475 g/mol. The van der Waals surface area contributed by atoms with Gasteiger partial charge in [-0.1, -0.05) is 56.3 Å². The fourth-order valence-electron chi connectivity index (χ4n) is 3.83. The Balaban J connectivity index is 1.63. The number of carboxylic acids is 1. The minimum Gasteiger partial charge on any atom is -0.493 e. The zero-order valence-electron chi connectivity index (χ0n) is 20.9. The largest absolute Gasteiger partial charge is 0.493 e. The van der Waals surface area contributed by atoms with Gasteiger partial charge in [-0.25, -0.2) is 0 Å². The first-order valence-electron chi connectivity index (χ1n) is 12.1. The number of ketones is 1. The molecule has 0 aromatic heterocycles. The summed E-state index contributed by atoms with van der Waals surface area (Å²) in [6, 6.07) is 20.8. The normalized spacial score (nSPS) is 11.8. The summed E-state index contributed by atoms with van der Waals surface area (Å²) in [4.78, 5) is 24.0. The zero-order valence-corrected chi connectivity index (χ0v) is 20.9. The predicted octanol–water partition coefficient (Wildman–Crippen LogP) is 6.60. The van der Waals surface area contributed by atoms with Crippen LogP contribution >= 0.6 is 0 Å². The highest BCUT2D eigenvalue weighted by atomic mass is 16.5. The lowest BCUT2D eigenvalue weighted by molar-refractivity contribution is -0.136. The van der Waals surface area contributed by atoms with Crippen LogP contribution < -0.4 is 9.47 Å². The van der Waals surface area contributed by atoms with Crippen molar-refractivity contribution >= 4 is 11.8 Å². The molecule has 3 aromatic carbocycles. The Kier molecular flexibility index (Phi) is 9.07. The van der Waals surface area contributed by atoms with Gasteiger partial charge >= 0.3 is 5.97 Å². The third kappa shape index (κ3) is 7.44. The lowest BCUT2D eigenvalue weighted by Crippen LogP contribution is -2.18. The number of aliphatic carboxylic acids is 1. The second-order valence-electron chi connectivity index (χ2n) is 9.15. The third-order valence-electron chi connectivity index (χ3n) is 5.99. The summed E-state index contributed by atoms with van der Waals surface area (Å²) in [6.07, 6.45) is 1.11. The van der Waals surface area contributed by atoms with E-state index in [9.17, 15) is 9.59 Å². The summed E-state index contributed by atoms with van der Waals surface area (Å²) < 4.78 is 12.1. The van der Waals surface area contributed by atoms with Gasteiger partial charge in [0.1, 0.15) is 11.5 Å². The summed E-state index contributed by atoms with van der Waals surface area (Å²) >= 11 is 0. The van der Waals surface area contributed by atoms with Crippen LogP contribution in [-0.2, 0) is 11.2 Å². The van der Waals surface area contributed by atoms with Crippen LogP contribution in [0.5, 0.6) is 11.5 Å². The van der Waals surface area contributed by atoms with Crippen LogP contribution in [0, 0.1) is 6.92 Å². The van der Waals surface area contributed by atoms with Gasteiger partial charge in [-0.2, -0.15) is 0 Å². The lowest BCUT2D eigenvalue weighted by Gasteiger charge is -2.19. The van der Waals surface area contributed by atoms with E-state index in [-0.39, 0.29) is 18.3 Å². The second kappa shape index (κ2) is 12.2. The maximum absolute atomic E-state index is 13.2. The van der Waals surface area contributed by atoms with Crippen LogP contribution in [-0.4, -0.2) is 29.6 Å². The van der Waals surface area contributed by atoms with E-state index in [4.69, 9.17) is 14.6 Å².